The molecular formula is C15H17BrFNO2. The van der Waals surface area contributed by atoms with Gasteiger partial charge < -0.3 is 14.5 Å². The first-order chi connectivity index (χ1) is 9.56. The second kappa shape index (κ2) is 6.41. The molecule has 1 N–H and O–H groups in total. The number of hydrogen-bond acceptors (Lipinski definition) is 3. The molecule has 0 saturated heterocycles. The molecule has 0 bridgehead atoms. The molecule has 108 valence electrons. The first-order valence-electron chi connectivity index (χ1n) is 6.39. The second-order valence-corrected chi connectivity index (χ2v) is 5.30. The summed E-state index contributed by atoms with van der Waals surface area (Å²) in [6, 6.07) is 6.74. The lowest BCUT2D eigenvalue weighted by atomic mass is 10.0. The Bertz CT molecular complexity index is 598. The van der Waals surface area contributed by atoms with Crippen molar-refractivity contribution in [3.8, 4) is 5.75 Å². The Morgan fingerprint density at radius 1 is 1.40 bits per heavy atom. The molecule has 0 amide bonds. The van der Waals surface area contributed by atoms with Crippen molar-refractivity contribution in [1.29, 1.82) is 0 Å². The molecule has 1 unspecified atom stereocenters. The van der Waals surface area contributed by atoms with Gasteiger partial charge in [-0.3, -0.25) is 0 Å². The molecular weight excluding hydrogens is 325 g/mol. The standard InChI is InChI=1S/C15H17BrFNO2/c1-4-18-15(13-6-5-9(2)20-13)10-7-11(16)12(17)8-14(10)19-3/h5-8,15,18H,4H2,1-3H3. The van der Waals surface area contributed by atoms with Gasteiger partial charge in [-0.05, 0) is 47.6 Å². The summed E-state index contributed by atoms with van der Waals surface area (Å²) >= 11 is 3.22. The van der Waals surface area contributed by atoms with Crippen LogP contribution < -0.4 is 10.1 Å². The Morgan fingerprint density at radius 2 is 2.15 bits per heavy atom. The van der Waals surface area contributed by atoms with E-state index < -0.39 is 0 Å². The summed E-state index contributed by atoms with van der Waals surface area (Å²) < 4.78 is 25.0. The summed E-state index contributed by atoms with van der Waals surface area (Å²) in [6.07, 6.45) is 0. The lowest BCUT2D eigenvalue weighted by Gasteiger charge is -2.19. The third-order valence-electron chi connectivity index (χ3n) is 3.04. The van der Waals surface area contributed by atoms with Gasteiger partial charge in [0.2, 0.25) is 0 Å². The molecule has 0 aliphatic rings. The molecule has 1 aromatic carbocycles. The van der Waals surface area contributed by atoms with Gasteiger partial charge in [-0.2, -0.15) is 0 Å². The molecule has 2 rings (SSSR count). The van der Waals surface area contributed by atoms with Gasteiger partial charge in [-0.25, -0.2) is 4.39 Å². The van der Waals surface area contributed by atoms with E-state index in [4.69, 9.17) is 9.15 Å². The molecule has 3 nitrogen and oxygen atoms in total. The predicted octanol–water partition coefficient (Wildman–Crippen LogP) is 4.20. The van der Waals surface area contributed by atoms with E-state index in [9.17, 15) is 4.39 Å². The van der Waals surface area contributed by atoms with E-state index in [2.05, 4.69) is 21.2 Å². The maximum Gasteiger partial charge on any atom is 0.141 e. The van der Waals surface area contributed by atoms with E-state index in [0.717, 1.165) is 23.6 Å². The van der Waals surface area contributed by atoms with Crippen LogP contribution in [0.4, 0.5) is 4.39 Å². The SMILES string of the molecule is CCNC(c1ccc(C)o1)c1cc(Br)c(F)cc1OC. The quantitative estimate of drug-likeness (QED) is 0.885. The fourth-order valence-corrected chi connectivity index (χ4v) is 2.48. The number of ether oxygens (including phenoxy) is 1. The topological polar surface area (TPSA) is 34.4 Å². The van der Waals surface area contributed by atoms with Crippen molar-refractivity contribution in [2.45, 2.75) is 19.9 Å². The summed E-state index contributed by atoms with van der Waals surface area (Å²) in [4.78, 5) is 0. The van der Waals surface area contributed by atoms with Crippen LogP contribution in [0.2, 0.25) is 0 Å². The summed E-state index contributed by atoms with van der Waals surface area (Å²) in [6.45, 7) is 4.65. The lowest BCUT2D eigenvalue weighted by molar-refractivity contribution is 0.387. The van der Waals surface area contributed by atoms with Crippen LogP contribution in [0.1, 0.15) is 30.0 Å². The van der Waals surface area contributed by atoms with Gasteiger partial charge in [0.1, 0.15) is 23.1 Å². The minimum absolute atomic E-state index is 0.180. The molecule has 0 radical (unpaired) electrons. The lowest BCUT2D eigenvalue weighted by Crippen LogP contribution is -2.22. The highest BCUT2D eigenvalue weighted by atomic mass is 79.9. The van der Waals surface area contributed by atoms with Crippen LogP contribution in [-0.4, -0.2) is 13.7 Å². The van der Waals surface area contributed by atoms with Crippen LogP contribution in [0.25, 0.3) is 0 Å². The van der Waals surface area contributed by atoms with Crippen LogP contribution in [-0.2, 0) is 0 Å². The van der Waals surface area contributed by atoms with Gasteiger partial charge in [0.05, 0.1) is 17.6 Å². The van der Waals surface area contributed by atoms with Crippen molar-refractivity contribution >= 4 is 15.9 Å². The van der Waals surface area contributed by atoms with Crippen molar-refractivity contribution < 1.29 is 13.5 Å². The minimum Gasteiger partial charge on any atom is -0.496 e. The van der Waals surface area contributed by atoms with E-state index in [0.29, 0.717) is 10.2 Å². The first-order valence-corrected chi connectivity index (χ1v) is 7.18. The van der Waals surface area contributed by atoms with Gasteiger partial charge in [0.25, 0.3) is 0 Å². The fourth-order valence-electron chi connectivity index (χ4n) is 2.12. The number of hydrogen-bond donors (Lipinski definition) is 1. The van der Waals surface area contributed by atoms with Gasteiger partial charge >= 0.3 is 0 Å². The van der Waals surface area contributed by atoms with E-state index in [1.54, 1.807) is 6.07 Å². The van der Waals surface area contributed by atoms with Crippen LogP contribution in [0.15, 0.2) is 33.2 Å². The zero-order valence-electron chi connectivity index (χ0n) is 11.7. The molecule has 0 spiro atoms. The third-order valence-corrected chi connectivity index (χ3v) is 3.65. The normalized spacial score (nSPS) is 12.4. The Labute approximate surface area is 126 Å². The van der Waals surface area contributed by atoms with Crippen molar-refractivity contribution in [2.75, 3.05) is 13.7 Å². The minimum atomic E-state index is -0.350. The zero-order valence-corrected chi connectivity index (χ0v) is 13.3. The average Bonchev–Trinajstić information content (AvgIpc) is 2.85. The molecule has 0 fully saturated rings. The van der Waals surface area contributed by atoms with Gasteiger partial charge in [0.15, 0.2) is 0 Å². The summed E-state index contributed by atoms with van der Waals surface area (Å²) in [5.74, 6) is 1.76. The molecule has 1 atom stereocenters. The molecule has 0 aliphatic carbocycles. The largest absolute Gasteiger partial charge is 0.496 e. The molecule has 1 heterocycles. The highest BCUT2D eigenvalue weighted by Gasteiger charge is 2.22. The van der Waals surface area contributed by atoms with Crippen molar-refractivity contribution in [1.82, 2.24) is 5.32 Å². The smallest absolute Gasteiger partial charge is 0.141 e. The molecule has 0 saturated carbocycles. The maximum atomic E-state index is 13.6. The number of nitrogens with one attached hydrogen (secondary N) is 1. The Hall–Kier alpha value is -1.33. The predicted molar refractivity (Wildman–Crippen MR) is 79.6 cm³/mol. The molecule has 0 aliphatic heterocycles. The Balaban J connectivity index is 2.51. The van der Waals surface area contributed by atoms with E-state index in [1.807, 2.05) is 26.0 Å². The van der Waals surface area contributed by atoms with Crippen LogP contribution >= 0.6 is 15.9 Å². The molecule has 5 heteroatoms. The number of methoxy groups -OCH3 is 1. The number of benzene rings is 1. The first kappa shape index (κ1) is 15.1. The number of aryl methyl sites for hydroxylation is 1. The zero-order chi connectivity index (χ0) is 14.7. The van der Waals surface area contributed by atoms with E-state index in [1.165, 1.54) is 13.2 Å². The van der Waals surface area contributed by atoms with Crippen LogP contribution in [0.5, 0.6) is 5.75 Å². The Morgan fingerprint density at radius 3 is 2.70 bits per heavy atom. The third kappa shape index (κ3) is 3.04. The van der Waals surface area contributed by atoms with Crippen LogP contribution in [0, 0.1) is 12.7 Å². The number of rotatable bonds is 5. The molecule has 2 aromatic rings. The molecule has 20 heavy (non-hydrogen) atoms. The van der Waals surface area contributed by atoms with Crippen molar-refractivity contribution in [3.05, 3.63) is 51.6 Å². The highest BCUT2D eigenvalue weighted by molar-refractivity contribution is 9.10. The monoisotopic (exact) mass is 341 g/mol. The maximum absolute atomic E-state index is 13.6. The van der Waals surface area contributed by atoms with Gasteiger partial charge in [0, 0.05) is 11.6 Å². The van der Waals surface area contributed by atoms with E-state index >= 15 is 0 Å². The van der Waals surface area contributed by atoms with Crippen LogP contribution in [0.3, 0.4) is 0 Å². The highest BCUT2D eigenvalue weighted by Crippen LogP contribution is 2.34. The average molecular weight is 342 g/mol. The van der Waals surface area contributed by atoms with Crippen molar-refractivity contribution in [2.24, 2.45) is 0 Å². The van der Waals surface area contributed by atoms with E-state index in [-0.39, 0.29) is 11.9 Å². The van der Waals surface area contributed by atoms with Gasteiger partial charge in [-0.1, -0.05) is 6.92 Å². The molecule has 1 aromatic heterocycles. The summed E-state index contributed by atoms with van der Waals surface area (Å²) in [5.41, 5.74) is 0.831. The Kier molecular flexibility index (Phi) is 4.83. The van der Waals surface area contributed by atoms with Crippen molar-refractivity contribution in [3.63, 3.8) is 0 Å². The second-order valence-electron chi connectivity index (χ2n) is 4.45. The van der Waals surface area contributed by atoms with Gasteiger partial charge in [-0.15, -0.1) is 0 Å². The summed E-state index contributed by atoms with van der Waals surface area (Å²) in [7, 11) is 1.53. The number of furan rings is 1. The number of halogens is 2. The summed E-state index contributed by atoms with van der Waals surface area (Å²) in [5, 5.41) is 3.33. The fraction of sp³-hybridized carbons (Fsp3) is 0.333.